The van der Waals surface area contributed by atoms with E-state index in [0.717, 1.165) is 50.5 Å². The van der Waals surface area contributed by atoms with Crippen LogP contribution in [0.1, 0.15) is 23.6 Å². The number of carbonyl (C=O) groups excluding carboxylic acids is 1. The van der Waals surface area contributed by atoms with Crippen LogP contribution in [0.25, 0.3) is 32.8 Å². The Morgan fingerprint density at radius 1 is 1.12 bits per heavy atom. The molecule has 2 N–H and O–H groups in total. The maximum atomic E-state index is 11.9. The van der Waals surface area contributed by atoms with E-state index in [9.17, 15) is 14.7 Å². The lowest BCUT2D eigenvalue weighted by atomic mass is 9.85. The number of carboxylic acids is 1. The van der Waals surface area contributed by atoms with Crippen LogP contribution in [-0.2, 0) is 22.4 Å². The second-order valence-corrected chi connectivity index (χ2v) is 8.05. The number of aromatic nitrogens is 1. The van der Waals surface area contributed by atoms with Crippen LogP contribution < -0.4 is 10.1 Å². The number of aliphatic carboxylic acids is 1. The molecule has 0 spiro atoms. The van der Waals surface area contributed by atoms with Crippen LogP contribution >= 0.6 is 0 Å². The van der Waals surface area contributed by atoms with Crippen molar-refractivity contribution in [3.8, 4) is 16.9 Å². The molecular weight excluding hydrogens is 404 g/mol. The lowest BCUT2D eigenvalue weighted by Gasteiger charge is -2.23. The fourth-order valence-electron chi connectivity index (χ4n) is 4.74. The maximum Gasteiger partial charge on any atom is 0.307 e. The summed E-state index contributed by atoms with van der Waals surface area (Å²) < 4.78 is 5.87. The van der Waals surface area contributed by atoms with Gasteiger partial charge in [-0.25, -0.2) is 0 Å². The third-order valence-electron chi connectivity index (χ3n) is 6.06. The third-order valence-corrected chi connectivity index (χ3v) is 6.06. The van der Waals surface area contributed by atoms with E-state index in [1.165, 1.54) is 12.5 Å². The molecular formula is C26H22N2O4. The molecule has 0 radical (unpaired) electrons. The largest absolute Gasteiger partial charge is 0.493 e. The van der Waals surface area contributed by atoms with Gasteiger partial charge < -0.3 is 15.2 Å². The summed E-state index contributed by atoms with van der Waals surface area (Å²) in [6, 6.07) is 13.7. The lowest BCUT2D eigenvalue weighted by molar-refractivity contribution is -0.136. The molecule has 6 nitrogen and oxygen atoms in total. The Morgan fingerprint density at radius 3 is 2.66 bits per heavy atom. The van der Waals surface area contributed by atoms with Gasteiger partial charge in [0.15, 0.2) is 0 Å². The summed E-state index contributed by atoms with van der Waals surface area (Å²) >= 11 is 0. The Morgan fingerprint density at radius 2 is 1.91 bits per heavy atom. The van der Waals surface area contributed by atoms with Gasteiger partial charge in [-0.2, -0.15) is 0 Å². The van der Waals surface area contributed by atoms with Crippen molar-refractivity contribution < 1.29 is 19.4 Å². The topological polar surface area (TPSA) is 88.5 Å². The van der Waals surface area contributed by atoms with Crippen molar-refractivity contribution in [3.05, 3.63) is 65.4 Å². The average Bonchev–Trinajstić information content (AvgIpc) is 2.77. The second-order valence-electron chi connectivity index (χ2n) is 8.05. The third kappa shape index (κ3) is 3.15. The number of amides is 1. The minimum atomic E-state index is -0.933. The van der Waals surface area contributed by atoms with Crippen molar-refractivity contribution in [1.82, 2.24) is 4.98 Å². The molecule has 1 aliphatic heterocycles. The highest BCUT2D eigenvalue weighted by molar-refractivity contribution is 6.14. The van der Waals surface area contributed by atoms with E-state index in [2.05, 4.69) is 5.32 Å². The fourth-order valence-corrected chi connectivity index (χ4v) is 4.74. The number of benzene rings is 3. The molecule has 2 heterocycles. The number of anilines is 1. The zero-order chi connectivity index (χ0) is 22.4. The molecule has 0 fully saturated rings. The predicted octanol–water partition coefficient (Wildman–Crippen LogP) is 4.88. The molecule has 0 unspecified atom stereocenters. The second kappa shape index (κ2) is 7.64. The Bertz CT molecular complexity index is 1410. The van der Waals surface area contributed by atoms with Gasteiger partial charge in [-0.15, -0.1) is 0 Å². The summed E-state index contributed by atoms with van der Waals surface area (Å²) in [5.74, 6) is -0.334. The maximum absolute atomic E-state index is 11.9. The Hall–Kier alpha value is -3.93. The summed E-state index contributed by atoms with van der Waals surface area (Å²) in [4.78, 5) is 28.5. The lowest BCUT2D eigenvalue weighted by Crippen LogP contribution is -2.12. The van der Waals surface area contributed by atoms with Gasteiger partial charge in [-0.3, -0.25) is 14.6 Å². The van der Waals surface area contributed by atoms with Crippen LogP contribution in [0.4, 0.5) is 5.69 Å². The quantitative estimate of drug-likeness (QED) is 0.485. The number of nitrogens with one attached hydrogen (secondary N) is 1. The molecule has 0 aliphatic carbocycles. The summed E-state index contributed by atoms with van der Waals surface area (Å²) in [6.07, 6.45) is 2.44. The zero-order valence-corrected chi connectivity index (χ0v) is 17.9. The summed E-state index contributed by atoms with van der Waals surface area (Å²) in [7, 11) is 0. The first-order valence-corrected chi connectivity index (χ1v) is 10.5. The van der Waals surface area contributed by atoms with Gasteiger partial charge in [-0.1, -0.05) is 24.3 Å². The molecule has 1 amide bonds. The van der Waals surface area contributed by atoms with Gasteiger partial charge in [0, 0.05) is 35.9 Å². The van der Waals surface area contributed by atoms with Gasteiger partial charge in [0.25, 0.3) is 0 Å². The van der Waals surface area contributed by atoms with E-state index in [1.54, 1.807) is 6.20 Å². The molecule has 5 rings (SSSR count). The van der Waals surface area contributed by atoms with Gasteiger partial charge in [0.05, 0.1) is 24.2 Å². The molecule has 0 atom stereocenters. The first kappa shape index (κ1) is 20.0. The number of rotatable bonds is 4. The Kier molecular flexibility index (Phi) is 4.78. The molecule has 32 heavy (non-hydrogen) atoms. The smallest absolute Gasteiger partial charge is 0.307 e. The number of carboxylic acid groups (broad SMARTS) is 1. The number of pyridine rings is 1. The van der Waals surface area contributed by atoms with Crippen molar-refractivity contribution in [2.75, 3.05) is 11.9 Å². The van der Waals surface area contributed by atoms with Gasteiger partial charge in [-0.05, 0) is 52.8 Å². The zero-order valence-electron chi connectivity index (χ0n) is 17.9. The van der Waals surface area contributed by atoms with Crippen molar-refractivity contribution in [3.63, 3.8) is 0 Å². The molecule has 0 bridgehead atoms. The van der Waals surface area contributed by atoms with Crippen LogP contribution in [0.2, 0.25) is 0 Å². The van der Waals surface area contributed by atoms with Crippen molar-refractivity contribution in [1.29, 1.82) is 0 Å². The minimum Gasteiger partial charge on any atom is -0.493 e. The molecule has 0 saturated carbocycles. The van der Waals surface area contributed by atoms with Gasteiger partial charge in [0.2, 0.25) is 5.91 Å². The van der Waals surface area contributed by atoms with E-state index in [0.29, 0.717) is 17.9 Å². The highest BCUT2D eigenvalue weighted by atomic mass is 16.5. The number of ether oxygens (including phenoxy) is 1. The molecule has 0 saturated heterocycles. The molecule has 160 valence electrons. The summed E-state index contributed by atoms with van der Waals surface area (Å²) in [5, 5.41) is 15.4. The SMILES string of the molecule is CC(=O)Nc1c(C)c(CC(=O)O)c(-c2ccc3c4c(ccnc24)CCO3)c2ccccc12. The highest BCUT2D eigenvalue weighted by Gasteiger charge is 2.24. The first-order valence-electron chi connectivity index (χ1n) is 10.5. The summed E-state index contributed by atoms with van der Waals surface area (Å²) in [6.45, 7) is 3.94. The number of hydrogen-bond acceptors (Lipinski definition) is 4. The Labute approximate surface area is 184 Å². The molecule has 4 aromatic rings. The van der Waals surface area contributed by atoms with E-state index in [4.69, 9.17) is 9.72 Å². The van der Waals surface area contributed by atoms with E-state index in [-0.39, 0.29) is 12.3 Å². The van der Waals surface area contributed by atoms with E-state index < -0.39 is 5.97 Å². The van der Waals surface area contributed by atoms with Crippen LogP contribution in [0, 0.1) is 6.92 Å². The van der Waals surface area contributed by atoms with Gasteiger partial charge >= 0.3 is 5.97 Å². The van der Waals surface area contributed by atoms with Crippen LogP contribution in [0.3, 0.4) is 0 Å². The predicted molar refractivity (Wildman–Crippen MR) is 124 cm³/mol. The minimum absolute atomic E-state index is 0.169. The monoisotopic (exact) mass is 426 g/mol. The van der Waals surface area contributed by atoms with E-state index >= 15 is 0 Å². The molecule has 3 aromatic carbocycles. The fraction of sp³-hybridized carbons (Fsp3) is 0.192. The number of carbonyl (C=O) groups is 2. The van der Waals surface area contributed by atoms with Crippen LogP contribution in [0.5, 0.6) is 5.75 Å². The Balaban J connectivity index is 1.93. The normalized spacial score (nSPS) is 12.6. The van der Waals surface area contributed by atoms with Gasteiger partial charge in [0.1, 0.15) is 5.75 Å². The van der Waals surface area contributed by atoms with Crippen LogP contribution in [-0.4, -0.2) is 28.6 Å². The first-order chi connectivity index (χ1) is 15.5. The summed E-state index contributed by atoms with van der Waals surface area (Å²) in [5.41, 5.74) is 5.72. The highest BCUT2D eigenvalue weighted by Crippen LogP contribution is 2.44. The number of fused-ring (bicyclic) bond motifs is 1. The number of hydrogen-bond donors (Lipinski definition) is 2. The average molecular weight is 426 g/mol. The number of nitrogens with zero attached hydrogens (tertiary/aromatic N) is 1. The van der Waals surface area contributed by atoms with Crippen LogP contribution in [0.15, 0.2) is 48.7 Å². The molecule has 1 aromatic heterocycles. The van der Waals surface area contributed by atoms with Crippen molar-refractivity contribution in [2.45, 2.75) is 26.7 Å². The van der Waals surface area contributed by atoms with Crippen molar-refractivity contribution >= 4 is 39.2 Å². The van der Waals surface area contributed by atoms with E-state index in [1.807, 2.05) is 49.4 Å². The standard InChI is InChI=1S/C26H22N2O4/c1-14-20(13-22(30)31)24(17-5-3-4-6-18(17)25(14)28-15(2)29)19-7-8-21-23-16(10-12-32-21)9-11-27-26(19)23/h3-9,11H,10,12-13H2,1-2H3,(H,28,29)(H,30,31). The molecule has 1 aliphatic rings. The van der Waals surface area contributed by atoms with Crippen molar-refractivity contribution in [2.24, 2.45) is 0 Å². The molecule has 6 heteroatoms.